The first-order chi connectivity index (χ1) is 5.43. The highest BCUT2D eigenvalue weighted by atomic mass is 16.5. The Hall–Kier alpha value is -0.410. The van der Waals surface area contributed by atoms with Crippen LogP contribution >= 0.6 is 0 Å². The average molecular weight is 158 g/mol. The molecule has 1 rings (SSSR count). The van der Waals surface area contributed by atoms with Gasteiger partial charge in [0.1, 0.15) is 12.9 Å². The number of rotatable bonds is 7. The Labute approximate surface area is 66.7 Å². The van der Waals surface area contributed by atoms with Crippen LogP contribution in [-0.4, -0.2) is 32.7 Å². The summed E-state index contributed by atoms with van der Waals surface area (Å²) in [4.78, 5) is 9.79. The van der Waals surface area contributed by atoms with Gasteiger partial charge in [-0.3, -0.25) is 0 Å². The fourth-order valence-corrected chi connectivity index (χ4v) is 0.784. The minimum Gasteiger partial charge on any atom is -0.379 e. The van der Waals surface area contributed by atoms with E-state index >= 15 is 0 Å². The number of hydrogen-bond donors (Lipinski definition) is 0. The largest absolute Gasteiger partial charge is 0.379 e. The molecule has 11 heavy (non-hydrogen) atoms. The molecule has 0 aliphatic heterocycles. The summed E-state index contributed by atoms with van der Waals surface area (Å²) < 4.78 is 10.2. The fraction of sp³-hybridized carbons (Fsp3) is 0.875. The Bertz CT molecular complexity index is 110. The molecule has 0 N–H and O–H groups in total. The summed E-state index contributed by atoms with van der Waals surface area (Å²) in [5.74, 6) is 0.807. The van der Waals surface area contributed by atoms with Crippen LogP contribution in [-0.2, 0) is 14.3 Å². The van der Waals surface area contributed by atoms with Crippen molar-refractivity contribution in [1.82, 2.24) is 0 Å². The Balaban J connectivity index is 1.69. The number of ether oxygens (including phenoxy) is 2. The van der Waals surface area contributed by atoms with E-state index in [2.05, 4.69) is 0 Å². The molecule has 0 radical (unpaired) electrons. The van der Waals surface area contributed by atoms with Gasteiger partial charge in [-0.2, -0.15) is 0 Å². The minimum atomic E-state index is 0.187. The van der Waals surface area contributed by atoms with Crippen molar-refractivity contribution in [2.24, 2.45) is 5.92 Å². The third-order valence-corrected chi connectivity index (χ3v) is 1.61. The molecular weight excluding hydrogens is 144 g/mol. The molecule has 0 aromatic carbocycles. The van der Waals surface area contributed by atoms with Gasteiger partial charge in [-0.1, -0.05) is 0 Å². The summed E-state index contributed by atoms with van der Waals surface area (Å²) in [6.45, 7) is 2.20. The van der Waals surface area contributed by atoms with E-state index < -0.39 is 0 Å². The number of carbonyl (C=O) groups is 1. The molecule has 0 saturated heterocycles. The van der Waals surface area contributed by atoms with Crippen LogP contribution in [0.3, 0.4) is 0 Å². The van der Waals surface area contributed by atoms with Crippen molar-refractivity contribution in [2.45, 2.75) is 12.8 Å². The zero-order chi connectivity index (χ0) is 7.94. The number of hydrogen-bond acceptors (Lipinski definition) is 3. The van der Waals surface area contributed by atoms with E-state index in [1.54, 1.807) is 0 Å². The molecular formula is C8H14O3. The van der Waals surface area contributed by atoms with Gasteiger partial charge in [0.25, 0.3) is 0 Å². The first-order valence-electron chi connectivity index (χ1n) is 4.02. The van der Waals surface area contributed by atoms with Crippen molar-refractivity contribution in [1.29, 1.82) is 0 Å². The third kappa shape index (κ3) is 4.93. The van der Waals surface area contributed by atoms with Crippen molar-refractivity contribution in [3.63, 3.8) is 0 Å². The molecule has 0 aromatic heterocycles. The molecule has 1 saturated carbocycles. The quantitative estimate of drug-likeness (QED) is 0.402. The zero-order valence-corrected chi connectivity index (χ0v) is 6.62. The molecule has 0 heterocycles. The molecule has 0 unspecified atom stereocenters. The van der Waals surface area contributed by atoms with Crippen LogP contribution in [0, 0.1) is 5.92 Å². The average Bonchev–Trinajstić information content (AvgIpc) is 2.80. The lowest BCUT2D eigenvalue weighted by atomic mass is 10.5. The van der Waals surface area contributed by atoms with Crippen LogP contribution < -0.4 is 0 Å². The lowest BCUT2D eigenvalue weighted by Gasteiger charge is -2.01. The van der Waals surface area contributed by atoms with Crippen LogP contribution in [0.25, 0.3) is 0 Å². The highest BCUT2D eigenvalue weighted by molar-refractivity contribution is 5.50. The predicted octanol–water partition coefficient (Wildman–Crippen LogP) is 0.628. The Morgan fingerprint density at radius 1 is 1.27 bits per heavy atom. The molecule has 1 fully saturated rings. The summed E-state index contributed by atoms with van der Waals surface area (Å²) in [6, 6.07) is 0. The number of aldehydes is 1. The smallest absolute Gasteiger partial charge is 0.145 e. The van der Waals surface area contributed by atoms with Gasteiger partial charge in [-0.15, -0.1) is 0 Å². The van der Waals surface area contributed by atoms with Gasteiger partial charge in [-0.25, -0.2) is 0 Å². The zero-order valence-electron chi connectivity index (χ0n) is 6.62. The van der Waals surface area contributed by atoms with Gasteiger partial charge < -0.3 is 14.3 Å². The van der Waals surface area contributed by atoms with Crippen LogP contribution in [0.1, 0.15) is 12.8 Å². The summed E-state index contributed by atoms with van der Waals surface area (Å²) in [6.07, 6.45) is 3.38. The van der Waals surface area contributed by atoms with Crippen LogP contribution in [0.15, 0.2) is 0 Å². The van der Waals surface area contributed by atoms with E-state index in [4.69, 9.17) is 9.47 Å². The van der Waals surface area contributed by atoms with E-state index in [1.165, 1.54) is 12.8 Å². The maximum absolute atomic E-state index is 9.79. The molecule has 3 heteroatoms. The van der Waals surface area contributed by atoms with Crippen molar-refractivity contribution in [3.8, 4) is 0 Å². The molecule has 0 amide bonds. The first kappa shape index (κ1) is 8.68. The van der Waals surface area contributed by atoms with Crippen molar-refractivity contribution >= 4 is 6.29 Å². The van der Waals surface area contributed by atoms with Gasteiger partial charge in [0.15, 0.2) is 0 Å². The summed E-state index contributed by atoms with van der Waals surface area (Å²) in [7, 11) is 0. The molecule has 0 atom stereocenters. The lowest BCUT2D eigenvalue weighted by molar-refractivity contribution is -0.112. The highest BCUT2D eigenvalue weighted by Crippen LogP contribution is 2.28. The summed E-state index contributed by atoms with van der Waals surface area (Å²) in [5.41, 5.74) is 0. The Morgan fingerprint density at radius 3 is 2.64 bits per heavy atom. The second-order valence-electron chi connectivity index (χ2n) is 2.76. The van der Waals surface area contributed by atoms with E-state index in [9.17, 15) is 4.79 Å². The van der Waals surface area contributed by atoms with Crippen LogP contribution in [0.2, 0.25) is 0 Å². The molecule has 3 nitrogen and oxygen atoms in total. The SMILES string of the molecule is O=CCOCCOCC1CC1. The highest BCUT2D eigenvalue weighted by Gasteiger charge is 2.20. The second-order valence-corrected chi connectivity index (χ2v) is 2.76. The van der Waals surface area contributed by atoms with E-state index in [-0.39, 0.29) is 6.61 Å². The topological polar surface area (TPSA) is 35.5 Å². The normalized spacial score (nSPS) is 16.7. The molecule has 0 spiro atoms. The minimum absolute atomic E-state index is 0.187. The first-order valence-corrected chi connectivity index (χ1v) is 4.02. The monoisotopic (exact) mass is 158 g/mol. The van der Waals surface area contributed by atoms with Gasteiger partial charge in [-0.05, 0) is 18.8 Å². The Morgan fingerprint density at radius 2 is 2.00 bits per heavy atom. The maximum Gasteiger partial charge on any atom is 0.145 e. The lowest BCUT2D eigenvalue weighted by Crippen LogP contribution is -2.07. The molecule has 0 bridgehead atoms. The summed E-state index contributed by atoms with van der Waals surface area (Å²) >= 11 is 0. The maximum atomic E-state index is 9.79. The fourth-order valence-electron chi connectivity index (χ4n) is 0.784. The predicted molar refractivity (Wildman–Crippen MR) is 40.4 cm³/mol. The van der Waals surface area contributed by atoms with Crippen LogP contribution in [0.4, 0.5) is 0 Å². The molecule has 1 aliphatic rings. The third-order valence-electron chi connectivity index (χ3n) is 1.61. The van der Waals surface area contributed by atoms with Gasteiger partial charge in [0.05, 0.1) is 13.2 Å². The van der Waals surface area contributed by atoms with Gasteiger partial charge >= 0.3 is 0 Å². The van der Waals surface area contributed by atoms with Gasteiger partial charge in [0.2, 0.25) is 0 Å². The van der Waals surface area contributed by atoms with E-state index in [0.717, 1.165) is 18.8 Å². The van der Waals surface area contributed by atoms with E-state index in [0.29, 0.717) is 13.2 Å². The van der Waals surface area contributed by atoms with Crippen LogP contribution in [0.5, 0.6) is 0 Å². The Kier molecular flexibility index (Phi) is 4.16. The summed E-state index contributed by atoms with van der Waals surface area (Å²) in [5, 5.41) is 0. The molecule has 1 aliphatic carbocycles. The number of carbonyl (C=O) groups excluding carboxylic acids is 1. The van der Waals surface area contributed by atoms with Crippen molar-refractivity contribution in [3.05, 3.63) is 0 Å². The molecule has 0 aromatic rings. The molecule has 64 valence electrons. The van der Waals surface area contributed by atoms with Crippen molar-refractivity contribution < 1.29 is 14.3 Å². The standard InChI is InChI=1S/C8H14O3/c9-3-4-10-5-6-11-7-8-1-2-8/h3,8H,1-2,4-7H2. The van der Waals surface area contributed by atoms with Gasteiger partial charge in [0, 0.05) is 6.61 Å². The second kappa shape index (κ2) is 5.27. The van der Waals surface area contributed by atoms with Crippen molar-refractivity contribution in [2.75, 3.05) is 26.4 Å². The van der Waals surface area contributed by atoms with E-state index in [1.807, 2.05) is 0 Å².